The summed E-state index contributed by atoms with van der Waals surface area (Å²) in [6.07, 6.45) is 2.49. The van der Waals surface area contributed by atoms with E-state index in [1.807, 2.05) is 18.2 Å². The molecule has 7 nitrogen and oxygen atoms in total. The SMILES string of the molecule is O=CN1CCN(c2cnnc(Nc3ccccc3Cl)n2)CC1. The van der Waals surface area contributed by atoms with Crippen LogP contribution >= 0.6 is 11.6 Å². The molecule has 22 heavy (non-hydrogen) atoms. The second-order valence-corrected chi connectivity index (χ2v) is 5.28. The second-order valence-electron chi connectivity index (χ2n) is 4.87. The molecule has 2 aromatic rings. The number of benzene rings is 1. The van der Waals surface area contributed by atoms with Gasteiger partial charge in [0.25, 0.3) is 0 Å². The molecule has 1 aliphatic rings. The largest absolute Gasteiger partial charge is 0.352 e. The molecule has 1 N–H and O–H groups in total. The second kappa shape index (κ2) is 6.57. The highest BCUT2D eigenvalue weighted by molar-refractivity contribution is 6.33. The van der Waals surface area contributed by atoms with Crippen molar-refractivity contribution >= 4 is 35.5 Å². The highest BCUT2D eigenvalue weighted by Gasteiger charge is 2.17. The summed E-state index contributed by atoms with van der Waals surface area (Å²) in [5.74, 6) is 1.12. The lowest BCUT2D eigenvalue weighted by Gasteiger charge is -2.33. The number of carbonyl (C=O) groups excluding carboxylic acids is 1. The van der Waals surface area contributed by atoms with Gasteiger partial charge in [0.1, 0.15) is 0 Å². The van der Waals surface area contributed by atoms with Crippen LogP contribution in [-0.4, -0.2) is 52.7 Å². The van der Waals surface area contributed by atoms with Crippen molar-refractivity contribution in [3.05, 3.63) is 35.5 Å². The Morgan fingerprint density at radius 2 is 1.95 bits per heavy atom. The molecule has 8 heteroatoms. The van der Waals surface area contributed by atoms with E-state index in [9.17, 15) is 4.79 Å². The van der Waals surface area contributed by atoms with E-state index in [2.05, 4.69) is 25.4 Å². The van der Waals surface area contributed by atoms with E-state index in [-0.39, 0.29) is 0 Å². The Hall–Kier alpha value is -2.41. The predicted molar refractivity (Wildman–Crippen MR) is 84.4 cm³/mol. The van der Waals surface area contributed by atoms with Gasteiger partial charge in [-0.1, -0.05) is 23.7 Å². The summed E-state index contributed by atoms with van der Waals surface area (Å²) in [6, 6.07) is 7.38. The van der Waals surface area contributed by atoms with Crippen molar-refractivity contribution in [1.82, 2.24) is 20.1 Å². The first kappa shape index (κ1) is 14.5. The molecule has 0 atom stereocenters. The number of hydrogen-bond donors (Lipinski definition) is 1. The molecular weight excluding hydrogens is 304 g/mol. The van der Waals surface area contributed by atoms with Crippen LogP contribution in [0, 0.1) is 0 Å². The summed E-state index contributed by atoms with van der Waals surface area (Å²) in [5, 5.41) is 11.6. The molecule has 1 fully saturated rings. The normalized spacial score (nSPS) is 14.8. The van der Waals surface area contributed by atoms with Crippen molar-refractivity contribution in [2.24, 2.45) is 0 Å². The topological polar surface area (TPSA) is 74.2 Å². The van der Waals surface area contributed by atoms with Crippen LogP contribution in [0.15, 0.2) is 30.5 Å². The number of aromatic nitrogens is 3. The summed E-state index contributed by atoms with van der Waals surface area (Å²) in [7, 11) is 0. The van der Waals surface area contributed by atoms with Crippen LogP contribution in [0.1, 0.15) is 0 Å². The lowest BCUT2D eigenvalue weighted by atomic mass is 10.3. The van der Waals surface area contributed by atoms with Gasteiger partial charge in [0.05, 0.1) is 16.9 Å². The van der Waals surface area contributed by atoms with Crippen LogP contribution in [0.3, 0.4) is 0 Å². The van der Waals surface area contributed by atoms with E-state index < -0.39 is 0 Å². The number of nitrogens with one attached hydrogen (secondary N) is 1. The van der Waals surface area contributed by atoms with Crippen LogP contribution in [0.25, 0.3) is 0 Å². The average molecular weight is 319 g/mol. The summed E-state index contributed by atoms with van der Waals surface area (Å²) < 4.78 is 0. The van der Waals surface area contributed by atoms with Crippen LogP contribution in [0.5, 0.6) is 0 Å². The third kappa shape index (κ3) is 3.25. The van der Waals surface area contributed by atoms with Crippen molar-refractivity contribution in [2.45, 2.75) is 0 Å². The third-order valence-electron chi connectivity index (χ3n) is 3.45. The first-order chi connectivity index (χ1) is 10.8. The number of anilines is 3. The molecule has 1 amide bonds. The van der Waals surface area contributed by atoms with E-state index in [4.69, 9.17) is 11.6 Å². The molecule has 0 aliphatic carbocycles. The maximum absolute atomic E-state index is 10.7. The fraction of sp³-hybridized carbons (Fsp3) is 0.286. The smallest absolute Gasteiger partial charge is 0.249 e. The van der Waals surface area contributed by atoms with Crippen LogP contribution in [0.4, 0.5) is 17.5 Å². The lowest BCUT2D eigenvalue weighted by molar-refractivity contribution is -0.118. The van der Waals surface area contributed by atoms with Gasteiger partial charge in [-0.15, -0.1) is 5.10 Å². The Morgan fingerprint density at radius 3 is 2.68 bits per heavy atom. The lowest BCUT2D eigenvalue weighted by Crippen LogP contribution is -2.46. The minimum absolute atomic E-state index is 0.392. The monoisotopic (exact) mass is 318 g/mol. The number of hydrogen-bond acceptors (Lipinski definition) is 6. The quantitative estimate of drug-likeness (QED) is 0.862. The number of halogens is 1. The van der Waals surface area contributed by atoms with E-state index in [1.165, 1.54) is 0 Å². The van der Waals surface area contributed by atoms with Gasteiger partial charge in [-0.25, -0.2) is 0 Å². The number of rotatable bonds is 4. The molecule has 3 rings (SSSR count). The Balaban J connectivity index is 1.73. The van der Waals surface area contributed by atoms with E-state index in [0.717, 1.165) is 31.0 Å². The van der Waals surface area contributed by atoms with Crippen molar-refractivity contribution in [2.75, 3.05) is 36.4 Å². The molecule has 1 aromatic carbocycles. The minimum Gasteiger partial charge on any atom is -0.352 e. The summed E-state index contributed by atoms with van der Waals surface area (Å²) in [5.41, 5.74) is 0.730. The number of para-hydroxylation sites is 1. The Morgan fingerprint density at radius 1 is 1.18 bits per heavy atom. The molecule has 0 radical (unpaired) electrons. The van der Waals surface area contributed by atoms with Gasteiger partial charge in [-0.3, -0.25) is 4.79 Å². The van der Waals surface area contributed by atoms with E-state index in [0.29, 0.717) is 24.1 Å². The van der Waals surface area contributed by atoms with Crippen molar-refractivity contribution < 1.29 is 4.79 Å². The molecule has 114 valence electrons. The van der Waals surface area contributed by atoms with Crippen molar-refractivity contribution in [3.63, 3.8) is 0 Å². The summed E-state index contributed by atoms with van der Waals surface area (Å²) in [6.45, 7) is 2.81. The third-order valence-corrected chi connectivity index (χ3v) is 3.78. The number of piperazine rings is 1. The molecule has 1 saturated heterocycles. The highest BCUT2D eigenvalue weighted by Crippen LogP contribution is 2.23. The number of nitrogens with zero attached hydrogens (tertiary/aromatic N) is 5. The molecule has 1 aliphatic heterocycles. The van der Waals surface area contributed by atoms with Crippen LogP contribution in [0.2, 0.25) is 5.02 Å². The molecule has 0 unspecified atom stereocenters. The summed E-state index contributed by atoms with van der Waals surface area (Å²) in [4.78, 5) is 19.0. The zero-order valence-corrected chi connectivity index (χ0v) is 12.6. The molecular formula is C14H15ClN6O. The number of carbonyl (C=O) groups is 1. The fourth-order valence-corrected chi connectivity index (χ4v) is 2.42. The van der Waals surface area contributed by atoms with Crippen LogP contribution < -0.4 is 10.2 Å². The maximum Gasteiger partial charge on any atom is 0.249 e. The first-order valence-corrected chi connectivity index (χ1v) is 7.29. The predicted octanol–water partition coefficient (Wildman–Crippen LogP) is 1.55. The molecule has 0 bridgehead atoms. The van der Waals surface area contributed by atoms with Gasteiger partial charge in [-0.2, -0.15) is 10.1 Å². The average Bonchev–Trinajstić information content (AvgIpc) is 2.57. The van der Waals surface area contributed by atoms with Crippen molar-refractivity contribution in [1.29, 1.82) is 0 Å². The molecule has 2 heterocycles. The highest BCUT2D eigenvalue weighted by atomic mass is 35.5. The van der Waals surface area contributed by atoms with E-state index >= 15 is 0 Å². The zero-order valence-electron chi connectivity index (χ0n) is 11.8. The molecule has 1 aromatic heterocycles. The van der Waals surface area contributed by atoms with Crippen molar-refractivity contribution in [3.8, 4) is 0 Å². The zero-order chi connectivity index (χ0) is 15.4. The fourth-order valence-electron chi connectivity index (χ4n) is 2.24. The minimum atomic E-state index is 0.392. The molecule has 0 saturated carbocycles. The Kier molecular flexibility index (Phi) is 4.34. The van der Waals surface area contributed by atoms with Gasteiger partial charge in [0.2, 0.25) is 12.4 Å². The standard InChI is InChI=1S/C14H15ClN6O/c15-11-3-1-2-4-12(11)17-14-18-13(9-16-19-14)21-7-5-20(10-22)6-8-21/h1-4,9-10H,5-8H2,(H,17,18,19). The Bertz CT molecular complexity index is 659. The van der Waals surface area contributed by atoms with Gasteiger partial charge >= 0.3 is 0 Å². The molecule has 0 spiro atoms. The summed E-state index contributed by atoms with van der Waals surface area (Å²) >= 11 is 6.11. The number of amides is 1. The first-order valence-electron chi connectivity index (χ1n) is 6.92. The maximum atomic E-state index is 10.7. The van der Waals surface area contributed by atoms with Crippen LogP contribution in [-0.2, 0) is 4.79 Å². The van der Waals surface area contributed by atoms with E-state index in [1.54, 1.807) is 17.2 Å². The van der Waals surface area contributed by atoms with Gasteiger partial charge in [0.15, 0.2) is 5.82 Å². The van der Waals surface area contributed by atoms with Gasteiger partial charge in [-0.05, 0) is 12.1 Å². The Labute approximate surface area is 132 Å². The van der Waals surface area contributed by atoms with Gasteiger partial charge in [0, 0.05) is 26.2 Å². The van der Waals surface area contributed by atoms with Gasteiger partial charge < -0.3 is 15.1 Å².